The van der Waals surface area contributed by atoms with Gasteiger partial charge in [-0.05, 0) is 32.4 Å². The van der Waals surface area contributed by atoms with E-state index < -0.39 is 47.7 Å². The number of fused-ring (bicyclic) bond motifs is 2. The van der Waals surface area contributed by atoms with Crippen molar-refractivity contribution in [2.24, 2.45) is 5.92 Å². The summed E-state index contributed by atoms with van der Waals surface area (Å²) in [6.07, 6.45) is -4.77. The van der Waals surface area contributed by atoms with Gasteiger partial charge in [0.25, 0.3) is 0 Å². The fourth-order valence-corrected chi connectivity index (χ4v) is 3.27. The van der Waals surface area contributed by atoms with Crippen LogP contribution in [0.25, 0.3) is 0 Å². The lowest BCUT2D eigenvalue weighted by atomic mass is 9.89. The van der Waals surface area contributed by atoms with E-state index in [4.69, 9.17) is 35.3 Å². The molecule has 3 aliphatic heterocycles. The highest BCUT2D eigenvalue weighted by Gasteiger charge is 2.68. The molecule has 6 nitrogen and oxygen atoms in total. The minimum atomic E-state index is -3.72. The van der Waals surface area contributed by atoms with Crippen molar-refractivity contribution in [3.63, 3.8) is 0 Å². The van der Waals surface area contributed by atoms with Crippen molar-refractivity contribution in [2.75, 3.05) is 6.61 Å². The van der Waals surface area contributed by atoms with Crippen LogP contribution in [0.4, 0.5) is 8.78 Å². The third kappa shape index (κ3) is 2.56. The number of hydrogen-bond donors (Lipinski definition) is 1. The smallest absolute Gasteiger partial charge is 0.331 e. The van der Waals surface area contributed by atoms with Gasteiger partial charge in [-0.15, -0.1) is 0 Å². The molecule has 122 valence electrons. The first-order chi connectivity index (χ1) is 9.54. The highest BCUT2D eigenvalue weighted by molar-refractivity contribution is 6.21. The van der Waals surface area contributed by atoms with E-state index in [-0.39, 0.29) is 6.61 Å². The van der Waals surface area contributed by atoms with E-state index in [1.54, 1.807) is 20.8 Å². The Morgan fingerprint density at radius 2 is 1.95 bits per heavy atom. The summed E-state index contributed by atoms with van der Waals surface area (Å²) in [7, 11) is 0. The fraction of sp³-hybridized carbons (Fsp3) is 1.00. The average Bonchev–Trinajstić information content (AvgIpc) is 2.78. The minimum absolute atomic E-state index is 0.0745. The van der Waals surface area contributed by atoms with E-state index >= 15 is 0 Å². The predicted octanol–water partition coefficient (Wildman–Crippen LogP) is 1.39. The maximum absolute atomic E-state index is 13.6. The van der Waals surface area contributed by atoms with Crippen LogP contribution in [0.3, 0.4) is 0 Å². The lowest BCUT2D eigenvalue weighted by Gasteiger charge is -2.46. The molecule has 21 heavy (non-hydrogen) atoms. The second-order valence-electron chi connectivity index (χ2n) is 5.90. The monoisotopic (exact) mass is 330 g/mol. The van der Waals surface area contributed by atoms with Crippen molar-refractivity contribution < 1.29 is 37.6 Å². The Kier molecular flexibility index (Phi) is 3.54. The van der Waals surface area contributed by atoms with Crippen molar-refractivity contribution in [1.82, 2.24) is 0 Å². The van der Waals surface area contributed by atoms with Crippen LogP contribution in [-0.2, 0) is 23.7 Å². The van der Waals surface area contributed by atoms with Gasteiger partial charge in [-0.2, -0.15) is 8.78 Å². The molecule has 3 saturated heterocycles. The minimum Gasteiger partial charge on any atom is -0.367 e. The van der Waals surface area contributed by atoms with Gasteiger partial charge in [0.2, 0.25) is 5.79 Å². The van der Waals surface area contributed by atoms with Gasteiger partial charge in [-0.3, -0.25) is 0 Å². The molecule has 1 unspecified atom stereocenters. The normalized spacial score (nSPS) is 49.6. The van der Waals surface area contributed by atoms with E-state index in [1.807, 2.05) is 0 Å². The standard InChI is InChI=1S/C12H17ClF2O6/c1-5-18-7-6(12(13,14)15)9(16)20-11(8(7)19-5)4-17-10(2,3)21-11/h5-9,16H,4H2,1-3H3/t5-,6+,7+,8+,9?,11+/m1/s1. The molecule has 0 aromatic carbocycles. The molecule has 0 amide bonds. The molecular weight excluding hydrogens is 314 g/mol. The Bertz CT molecular complexity index is 430. The summed E-state index contributed by atoms with van der Waals surface area (Å²) in [5.41, 5.74) is 0. The Hall–Kier alpha value is -0.0900. The summed E-state index contributed by atoms with van der Waals surface area (Å²) in [5.74, 6) is -4.26. The summed E-state index contributed by atoms with van der Waals surface area (Å²) in [6.45, 7) is 4.78. The number of hydrogen-bond acceptors (Lipinski definition) is 6. The van der Waals surface area contributed by atoms with Crippen molar-refractivity contribution >= 4 is 11.6 Å². The molecular formula is C12H17ClF2O6. The molecule has 3 heterocycles. The first-order valence-electron chi connectivity index (χ1n) is 6.62. The van der Waals surface area contributed by atoms with Gasteiger partial charge in [0.15, 0.2) is 18.4 Å². The topological polar surface area (TPSA) is 66.4 Å². The first-order valence-corrected chi connectivity index (χ1v) is 7.00. The SMILES string of the molecule is C[C@@H]1O[C@H]2[C@H](C(F)(F)Cl)C(O)O[C@]3(COC(C)(C)O3)[C@H]2O1. The molecule has 1 N–H and O–H groups in total. The third-order valence-electron chi connectivity index (χ3n) is 3.82. The molecule has 1 spiro atoms. The maximum atomic E-state index is 13.6. The molecule has 0 bridgehead atoms. The Labute approximate surface area is 125 Å². The van der Waals surface area contributed by atoms with Gasteiger partial charge in [0.1, 0.15) is 24.7 Å². The van der Waals surface area contributed by atoms with Crippen LogP contribution >= 0.6 is 11.6 Å². The van der Waals surface area contributed by atoms with Gasteiger partial charge in [0, 0.05) is 0 Å². The molecule has 9 heteroatoms. The van der Waals surface area contributed by atoms with Gasteiger partial charge in [-0.1, -0.05) is 0 Å². The summed E-state index contributed by atoms with van der Waals surface area (Å²) >= 11 is 5.09. The highest BCUT2D eigenvalue weighted by Crippen LogP contribution is 2.51. The van der Waals surface area contributed by atoms with E-state index in [9.17, 15) is 13.9 Å². The lowest BCUT2D eigenvalue weighted by Crippen LogP contribution is -2.65. The number of aliphatic hydroxyl groups is 1. The van der Waals surface area contributed by atoms with E-state index in [2.05, 4.69) is 0 Å². The van der Waals surface area contributed by atoms with Crippen LogP contribution in [0.15, 0.2) is 0 Å². The molecule has 3 fully saturated rings. The number of halogens is 3. The van der Waals surface area contributed by atoms with Gasteiger partial charge >= 0.3 is 5.38 Å². The Morgan fingerprint density at radius 1 is 1.29 bits per heavy atom. The van der Waals surface area contributed by atoms with E-state index in [0.717, 1.165) is 0 Å². The largest absolute Gasteiger partial charge is 0.367 e. The van der Waals surface area contributed by atoms with Crippen molar-refractivity contribution in [2.45, 2.75) is 62.5 Å². The Balaban J connectivity index is 1.94. The molecule has 3 rings (SSSR count). The van der Waals surface area contributed by atoms with Crippen LogP contribution in [0.2, 0.25) is 0 Å². The summed E-state index contributed by atoms with van der Waals surface area (Å²) in [4.78, 5) is 0. The maximum Gasteiger partial charge on any atom is 0.331 e. The number of ether oxygens (including phenoxy) is 5. The fourth-order valence-electron chi connectivity index (χ4n) is 3.04. The van der Waals surface area contributed by atoms with Crippen molar-refractivity contribution in [3.8, 4) is 0 Å². The van der Waals surface area contributed by atoms with Crippen LogP contribution in [0.5, 0.6) is 0 Å². The molecule has 0 radical (unpaired) electrons. The highest BCUT2D eigenvalue weighted by atomic mass is 35.5. The summed E-state index contributed by atoms with van der Waals surface area (Å²) in [6, 6.07) is 0. The molecule has 3 aliphatic rings. The van der Waals surface area contributed by atoms with Crippen LogP contribution < -0.4 is 0 Å². The van der Waals surface area contributed by atoms with E-state index in [1.165, 1.54) is 0 Å². The number of aliphatic hydroxyl groups excluding tert-OH is 1. The lowest BCUT2D eigenvalue weighted by molar-refractivity contribution is -0.381. The quantitative estimate of drug-likeness (QED) is 0.733. The number of alkyl halides is 3. The zero-order valence-electron chi connectivity index (χ0n) is 11.7. The Morgan fingerprint density at radius 3 is 2.48 bits per heavy atom. The van der Waals surface area contributed by atoms with Crippen LogP contribution in [0, 0.1) is 5.92 Å². The average molecular weight is 331 g/mol. The van der Waals surface area contributed by atoms with Gasteiger partial charge in [-0.25, -0.2) is 0 Å². The van der Waals surface area contributed by atoms with Crippen LogP contribution in [0.1, 0.15) is 20.8 Å². The number of rotatable bonds is 1. The molecule has 0 saturated carbocycles. The van der Waals surface area contributed by atoms with Crippen molar-refractivity contribution in [3.05, 3.63) is 0 Å². The van der Waals surface area contributed by atoms with Crippen LogP contribution in [-0.4, -0.2) is 53.5 Å². The summed E-state index contributed by atoms with van der Waals surface area (Å²) < 4.78 is 54.4. The van der Waals surface area contributed by atoms with Gasteiger partial charge < -0.3 is 28.8 Å². The molecule has 6 atom stereocenters. The second kappa shape index (κ2) is 4.70. The van der Waals surface area contributed by atoms with Crippen molar-refractivity contribution in [1.29, 1.82) is 0 Å². The summed E-state index contributed by atoms with van der Waals surface area (Å²) in [5, 5.41) is 6.26. The zero-order chi connectivity index (χ0) is 15.6. The van der Waals surface area contributed by atoms with Gasteiger partial charge in [0.05, 0.1) is 0 Å². The zero-order valence-corrected chi connectivity index (χ0v) is 12.5. The molecule has 0 aliphatic carbocycles. The molecule has 0 aromatic heterocycles. The first kappa shape index (κ1) is 15.8. The third-order valence-corrected chi connectivity index (χ3v) is 4.07. The van der Waals surface area contributed by atoms with E-state index in [0.29, 0.717) is 0 Å². The second-order valence-corrected chi connectivity index (χ2v) is 6.41. The predicted molar refractivity (Wildman–Crippen MR) is 64.4 cm³/mol. The molecule has 0 aromatic rings.